The van der Waals surface area contributed by atoms with Crippen molar-refractivity contribution in [2.75, 3.05) is 18.0 Å². The highest BCUT2D eigenvalue weighted by Crippen LogP contribution is 2.28. The standard InChI is InChI=1S/C19H16F2N2O/c20-16-3-1-13(2-4-16)19(24)14-7-9-23(10-8-14)18-6-5-17(21)11-15(18)12-22/h1-6,11,14H,7-10H2. The molecule has 0 saturated carbocycles. The Bertz CT molecular complexity index is 788. The lowest BCUT2D eigenvalue weighted by Gasteiger charge is -2.33. The maximum atomic E-state index is 13.2. The van der Waals surface area contributed by atoms with Gasteiger partial charge in [-0.25, -0.2) is 8.78 Å². The van der Waals surface area contributed by atoms with E-state index in [9.17, 15) is 13.6 Å². The third kappa shape index (κ3) is 3.28. The molecule has 1 fully saturated rings. The lowest BCUT2D eigenvalue weighted by Crippen LogP contribution is -2.36. The molecule has 3 nitrogen and oxygen atoms in total. The second-order valence-corrected chi connectivity index (χ2v) is 5.91. The van der Waals surface area contributed by atoms with Crippen molar-refractivity contribution in [1.29, 1.82) is 5.26 Å². The van der Waals surface area contributed by atoms with Gasteiger partial charge in [0, 0.05) is 24.6 Å². The van der Waals surface area contributed by atoms with E-state index >= 15 is 0 Å². The Morgan fingerprint density at radius 1 is 1.04 bits per heavy atom. The van der Waals surface area contributed by atoms with Crippen LogP contribution in [0.2, 0.25) is 0 Å². The third-order valence-corrected chi connectivity index (χ3v) is 4.41. The zero-order valence-corrected chi connectivity index (χ0v) is 13.0. The van der Waals surface area contributed by atoms with E-state index < -0.39 is 5.82 Å². The fourth-order valence-corrected chi connectivity index (χ4v) is 3.11. The maximum absolute atomic E-state index is 13.2. The summed E-state index contributed by atoms with van der Waals surface area (Å²) in [5, 5.41) is 9.16. The SMILES string of the molecule is N#Cc1cc(F)ccc1N1CCC(C(=O)c2ccc(F)cc2)CC1. The quantitative estimate of drug-likeness (QED) is 0.803. The number of nitriles is 1. The number of piperidine rings is 1. The van der Waals surface area contributed by atoms with Crippen molar-refractivity contribution in [2.24, 2.45) is 5.92 Å². The minimum Gasteiger partial charge on any atom is -0.370 e. The van der Waals surface area contributed by atoms with Crippen LogP contribution < -0.4 is 4.90 Å². The van der Waals surface area contributed by atoms with Crippen LogP contribution in [0, 0.1) is 28.9 Å². The summed E-state index contributed by atoms with van der Waals surface area (Å²) in [4.78, 5) is 14.5. The Morgan fingerprint density at radius 3 is 2.29 bits per heavy atom. The number of anilines is 1. The molecule has 0 aliphatic carbocycles. The van der Waals surface area contributed by atoms with Gasteiger partial charge in [-0.15, -0.1) is 0 Å². The van der Waals surface area contributed by atoms with Crippen molar-refractivity contribution in [3.05, 3.63) is 65.2 Å². The van der Waals surface area contributed by atoms with Gasteiger partial charge in [-0.05, 0) is 55.3 Å². The summed E-state index contributed by atoms with van der Waals surface area (Å²) in [7, 11) is 0. The van der Waals surface area contributed by atoms with Crippen LogP contribution in [0.1, 0.15) is 28.8 Å². The van der Waals surface area contributed by atoms with Crippen LogP contribution in [0.3, 0.4) is 0 Å². The largest absolute Gasteiger partial charge is 0.370 e. The first-order valence-corrected chi connectivity index (χ1v) is 7.83. The molecule has 0 unspecified atom stereocenters. The molecule has 0 radical (unpaired) electrons. The highest BCUT2D eigenvalue weighted by molar-refractivity contribution is 5.98. The normalized spacial score (nSPS) is 15.1. The number of carbonyl (C=O) groups excluding carboxylic acids is 1. The van der Waals surface area contributed by atoms with Crippen LogP contribution in [-0.2, 0) is 0 Å². The van der Waals surface area contributed by atoms with Gasteiger partial charge in [0.15, 0.2) is 5.78 Å². The van der Waals surface area contributed by atoms with Crippen molar-refractivity contribution in [3.8, 4) is 6.07 Å². The van der Waals surface area contributed by atoms with Crippen molar-refractivity contribution in [3.63, 3.8) is 0 Å². The molecule has 0 amide bonds. The number of Topliss-reactive ketones (excluding diaryl/α,β-unsaturated/α-hetero) is 1. The van der Waals surface area contributed by atoms with Gasteiger partial charge < -0.3 is 4.90 Å². The molecule has 1 aliphatic heterocycles. The average Bonchev–Trinajstić information content (AvgIpc) is 2.62. The van der Waals surface area contributed by atoms with E-state index in [1.54, 1.807) is 6.07 Å². The molecule has 0 bridgehead atoms. The van der Waals surface area contributed by atoms with Gasteiger partial charge in [0.25, 0.3) is 0 Å². The molecular weight excluding hydrogens is 310 g/mol. The first-order valence-electron chi connectivity index (χ1n) is 7.83. The molecule has 5 heteroatoms. The Morgan fingerprint density at radius 2 is 1.67 bits per heavy atom. The number of halogens is 2. The molecule has 24 heavy (non-hydrogen) atoms. The second-order valence-electron chi connectivity index (χ2n) is 5.91. The van der Waals surface area contributed by atoms with E-state index in [2.05, 4.69) is 0 Å². The minimum atomic E-state index is -0.434. The number of nitrogens with zero attached hydrogens (tertiary/aromatic N) is 2. The summed E-state index contributed by atoms with van der Waals surface area (Å²) in [6.45, 7) is 1.25. The minimum absolute atomic E-state index is 0.0225. The molecule has 0 spiro atoms. The molecule has 1 heterocycles. The first-order chi connectivity index (χ1) is 11.6. The second kappa shape index (κ2) is 6.79. The van der Waals surface area contributed by atoms with E-state index in [1.807, 2.05) is 11.0 Å². The topological polar surface area (TPSA) is 44.1 Å². The van der Waals surface area contributed by atoms with E-state index in [0.29, 0.717) is 42.7 Å². The molecule has 0 aromatic heterocycles. The lowest BCUT2D eigenvalue weighted by molar-refractivity contribution is 0.0900. The van der Waals surface area contributed by atoms with E-state index in [1.165, 1.54) is 36.4 Å². The number of benzene rings is 2. The van der Waals surface area contributed by atoms with Crippen LogP contribution in [0.5, 0.6) is 0 Å². The van der Waals surface area contributed by atoms with E-state index in [-0.39, 0.29) is 17.5 Å². The fourth-order valence-electron chi connectivity index (χ4n) is 3.11. The molecule has 3 rings (SSSR count). The Balaban J connectivity index is 1.69. The Hall–Kier alpha value is -2.74. The number of hydrogen-bond donors (Lipinski definition) is 0. The predicted octanol–water partition coefficient (Wildman–Crippen LogP) is 3.94. The zero-order valence-electron chi connectivity index (χ0n) is 13.0. The predicted molar refractivity (Wildman–Crippen MR) is 86.8 cm³/mol. The summed E-state index contributed by atoms with van der Waals surface area (Å²) < 4.78 is 26.2. The summed E-state index contributed by atoms with van der Waals surface area (Å²) in [5.74, 6) is -0.884. The van der Waals surface area contributed by atoms with Crippen molar-refractivity contribution >= 4 is 11.5 Å². The van der Waals surface area contributed by atoms with Gasteiger partial charge in [-0.2, -0.15) is 5.26 Å². The van der Waals surface area contributed by atoms with E-state index in [0.717, 1.165) is 0 Å². The van der Waals surface area contributed by atoms with Gasteiger partial charge in [-0.1, -0.05) is 0 Å². The van der Waals surface area contributed by atoms with Crippen LogP contribution in [0.4, 0.5) is 14.5 Å². The Labute approximate surface area is 139 Å². The lowest BCUT2D eigenvalue weighted by atomic mass is 9.88. The Kier molecular flexibility index (Phi) is 4.57. The average molecular weight is 326 g/mol. The third-order valence-electron chi connectivity index (χ3n) is 4.41. The molecular formula is C19H16F2N2O. The number of rotatable bonds is 3. The fraction of sp³-hybridized carbons (Fsp3) is 0.263. The van der Waals surface area contributed by atoms with Crippen LogP contribution >= 0.6 is 0 Å². The smallest absolute Gasteiger partial charge is 0.166 e. The van der Waals surface area contributed by atoms with E-state index in [4.69, 9.17) is 5.26 Å². The highest BCUT2D eigenvalue weighted by atomic mass is 19.1. The summed E-state index contributed by atoms with van der Waals surface area (Å²) in [6.07, 6.45) is 1.30. The molecule has 1 saturated heterocycles. The number of hydrogen-bond acceptors (Lipinski definition) is 3. The van der Waals surface area contributed by atoms with Gasteiger partial charge in [0.05, 0.1) is 11.3 Å². The summed E-state index contributed by atoms with van der Waals surface area (Å²) >= 11 is 0. The molecule has 0 atom stereocenters. The first kappa shape index (κ1) is 16.1. The monoisotopic (exact) mass is 326 g/mol. The molecule has 2 aromatic rings. The molecule has 2 aromatic carbocycles. The van der Waals surface area contributed by atoms with Gasteiger partial charge in [-0.3, -0.25) is 4.79 Å². The van der Waals surface area contributed by atoms with Crippen molar-refractivity contribution < 1.29 is 13.6 Å². The molecule has 0 N–H and O–H groups in total. The van der Waals surface area contributed by atoms with Crippen molar-refractivity contribution in [1.82, 2.24) is 0 Å². The van der Waals surface area contributed by atoms with Crippen LogP contribution in [0.15, 0.2) is 42.5 Å². The van der Waals surface area contributed by atoms with Gasteiger partial charge in [0.1, 0.15) is 17.7 Å². The zero-order chi connectivity index (χ0) is 17.1. The summed E-state index contributed by atoms with van der Waals surface area (Å²) in [6, 6.07) is 11.8. The number of ketones is 1. The molecule has 1 aliphatic rings. The van der Waals surface area contributed by atoms with Crippen LogP contribution in [-0.4, -0.2) is 18.9 Å². The van der Waals surface area contributed by atoms with Crippen molar-refractivity contribution in [2.45, 2.75) is 12.8 Å². The van der Waals surface area contributed by atoms with Crippen LogP contribution in [0.25, 0.3) is 0 Å². The van der Waals surface area contributed by atoms with Gasteiger partial charge >= 0.3 is 0 Å². The molecule has 122 valence electrons. The number of carbonyl (C=O) groups is 1. The maximum Gasteiger partial charge on any atom is 0.166 e. The van der Waals surface area contributed by atoms with Gasteiger partial charge in [0.2, 0.25) is 0 Å². The highest BCUT2D eigenvalue weighted by Gasteiger charge is 2.26. The summed E-state index contributed by atoms with van der Waals surface area (Å²) in [5.41, 5.74) is 1.53.